The van der Waals surface area contributed by atoms with Crippen LogP contribution < -0.4 is 10.2 Å². The molecular weight excluding hydrogens is 231 g/mol. The van der Waals surface area contributed by atoms with Crippen LogP contribution in [0.5, 0.6) is 0 Å². The summed E-state index contributed by atoms with van der Waals surface area (Å²) in [7, 11) is 1.89. The van der Waals surface area contributed by atoms with Gasteiger partial charge in [-0.25, -0.2) is 4.39 Å². The Morgan fingerprint density at radius 3 is 2.83 bits per heavy atom. The molecule has 0 aliphatic heterocycles. The lowest BCUT2D eigenvalue weighted by atomic mass is 10.1. The molecule has 0 saturated heterocycles. The summed E-state index contributed by atoms with van der Waals surface area (Å²) in [4.78, 5) is 1.92. The van der Waals surface area contributed by atoms with Gasteiger partial charge in [-0.05, 0) is 31.9 Å². The summed E-state index contributed by atoms with van der Waals surface area (Å²) >= 11 is 0. The molecule has 3 nitrogen and oxygen atoms in total. The van der Waals surface area contributed by atoms with Crippen LogP contribution in [-0.2, 0) is 6.54 Å². The molecule has 2 rings (SSSR count). The van der Waals surface area contributed by atoms with E-state index in [9.17, 15) is 9.50 Å². The first kappa shape index (κ1) is 13.3. The van der Waals surface area contributed by atoms with Crippen molar-refractivity contribution in [1.29, 1.82) is 0 Å². The molecular formula is C14H21FN2O. The lowest BCUT2D eigenvalue weighted by Crippen LogP contribution is -2.33. The number of rotatable bonds is 6. The van der Waals surface area contributed by atoms with Crippen molar-refractivity contribution in [2.45, 2.75) is 38.4 Å². The quantitative estimate of drug-likeness (QED) is 0.811. The molecule has 1 atom stereocenters. The van der Waals surface area contributed by atoms with E-state index in [0.717, 1.165) is 5.69 Å². The minimum atomic E-state index is -0.183. The molecule has 0 heterocycles. The fraction of sp³-hybridized carbons (Fsp3) is 0.571. The van der Waals surface area contributed by atoms with E-state index in [1.807, 2.05) is 24.9 Å². The van der Waals surface area contributed by atoms with Crippen LogP contribution in [0.15, 0.2) is 18.2 Å². The van der Waals surface area contributed by atoms with Crippen molar-refractivity contribution in [3.63, 3.8) is 0 Å². The second-order valence-electron chi connectivity index (χ2n) is 5.04. The summed E-state index contributed by atoms with van der Waals surface area (Å²) in [5, 5.41) is 12.5. The van der Waals surface area contributed by atoms with E-state index >= 15 is 0 Å². The van der Waals surface area contributed by atoms with E-state index in [-0.39, 0.29) is 18.5 Å². The molecule has 1 saturated carbocycles. The largest absolute Gasteiger partial charge is 0.394 e. The number of anilines is 1. The number of hydrogen-bond donors (Lipinski definition) is 2. The Labute approximate surface area is 108 Å². The van der Waals surface area contributed by atoms with Gasteiger partial charge in [0.15, 0.2) is 0 Å². The van der Waals surface area contributed by atoms with Gasteiger partial charge in [-0.1, -0.05) is 6.07 Å². The third-order valence-corrected chi connectivity index (χ3v) is 3.54. The maximum Gasteiger partial charge on any atom is 0.129 e. The van der Waals surface area contributed by atoms with Crippen LogP contribution in [0.3, 0.4) is 0 Å². The van der Waals surface area contributed by atoms with Gasteiger partial charge < -0.3 is 15.3 Å². The van der Waals surface area contributed by atoms with Gasteiger partial charge >= 0.3 is 0 Å². The van der Waals surface area contributed by atoms with Crippen LogP contribution in [0.1, 0.15) is 25.3 Å². The van der Waals surface area contributed by atoms with Gasteiger partial charge in [-0.15, -0.1) is 0 Å². The van der Waals surface area contributed by atoms with Crippen molar-refractivity contribution < 1.29 is 9.50 Å². The molecule has 1 aliphatic carbocycles. The van der Waals surface area contributed by atoms with Gasteiger partial charge in [-0.3, -0.25) is 0 Å². The van der Waals surface area contributed by atoms with E-state index in [1.165, 1.54) is 18.9 Å². The molecule has 0 radical (unpaired) electrons. The molecule has 0 bridgehead atoms. The fourth-order valence-electron chi connectivity index (χ4n) is 1.95. The number of aliphatic hydroxyl groups excluding tert-OH is 1. The van der Waals surface area contributed by atoms with Crippen LogP contribution in [0.4, 0.5) is 10.1 Å². The highest BCUT2D eigenvalue weighted by Crippen LogP contribution is 2.26. The van der Waals surface area contributed by atoms with Crippen molar-refractivity contribution >= 4 is 5.69 Å². The summed E-state index contributed by atoms with van der Waals surface area (Å²) in [6, 6.07) is 5.64. The molecule has 4 heteroatoms. The zero-order valence-corrected chi connectivity index (χ0v) is 11.0. The van der Waals surface area contributed by atoms with Gasteiger partial charge in [0.1, 0.15) is 5.82 Å². The molecule has 1 fully saturated rings. The van der Waals surface area contributed by atoms with E-state index in [4.69, 9.17) is 0 Å². The monoisotopic (exact) mass is 252 g/mol. The normalized spacial score (nSPS) is 16.7. The smallest absolute Gasteiger partial charge is 0.129 e. The van der Waals surface area contributed by atoms with E-state index in [1.54, 1.807) is 6.07 Å². The minimum Gasteiger partial charge on any atom is -0.394 e. The first-order valence-corrected chi connectivity index (χ1v) is 6.48. The van der Waals surface area contributed by atoms with Gasteiger partial charge in [0.2, 0.25) is 0 Å². The second kappa shape index (κ2) is 5.67. The lowest BCUT2D eigenvalue weighted by molar-refractivity contribution is 0.270. The predicted molar refractivity (Wildman–Crippen MR) is 71.2 cm³/mol. The Kier molecular flexibility index (Phi) is 4.19. The van der Waals surface area contributed by atoms with Crippen LogP contribution in [0.2, 0.25) is 0 Å². The number of nitrogens with one attached hydrogen (secondary N) is 1. The van der Waals surface area contributed by atoms with Crippen molar-refractivity contribution in [1.82, 2.24) is 5.32 Å². The molecule has 0 spiro atoms. The number of hydrogen-bond acceptors (Lipinski definition) is 3. The minimum absolute atomic E-state index is 0.0218. The Bertz CT molecular complexity index is 407. The lowest BCUT2D eigenvalue weighted by Gasteiger charge is -2.28. The summed E-state index contributed by atoms with van der Waals surface area (Å²) < 4.78 is 13.9. The summed E-state index contributed by atoms with van der Waals surface area (Å²) in [5.41, 5.74) is 1.54. The summed E-state index contributed by atoms with van der Waals surface area (Å²) in [6.07, 6.45) is 2.37. The molecule has 1 aromatic carbocycles. The highest BCUT2D eigenvalue weighted by Gasteiger charge is 2.22. The summed E-state index contributed by atoms with van der Waals surface area (Å²) in [5.74, 6) is -0.183. The van der Waals surface area contributed by atoms with Crippen LogP contribution >= 0.6 is 0 Å². The third-order valence-electron chi connectivity index (χ3n) is 3.54. The maximum atomic E-state index is 13.9. The average Bonchev–Trinajstić information content (AvgIpc) is 3.19. The first-order valence-electron chi connectivity index (χ1n) is 6.48. The molecule has 0 amide bonds. The molecule has 2 N–H and O–H groups in total. The van der Waals surface area contributed by atoms with Crippen LogP contribution in [0.25, 0.3) is 0 Å². The number of nitrogens with zero attached hydrogens (tertiary/aromatic N) is 1. The van der Waals surface area contributed by atoms with Crippen molar-refractivity contribution in [2.75, 3.05) is 18.6 Å². The highest BCUT2D eigenvalue weighted by atomic mass is 19.1. The molecule has 1 unspecified atom stereocenters. The standard InChI is InChI=1S/C14H21FN2O/c1-10(9-18)17(2)14-5-3-4-13(15)12(14)8-16-11-6-7-11/h3-5,10-11,16,18H,6-9H2,1-2H3. The Morgan fingerprint density at radius 1 is 1.50 bits per heavy atom. The Balaban J connectivity index is 2.18. The molecule has 18 heavy (non-hydrogen) atoms. The summed E-state index contributed by atoms with van der Waals surface area (Å²) in [6.45, 7) is 2.53. The Hall–Kier alpha value is -1.13. The third kappa shape index (κ3) is 3.00. The van der Waals surface area contributed by atoms with Crippen molar-refractivity contribution in [3.8, 4) is 0 Å². The van der Waals surface area contributed by atoms with E-state index < -0.39 is 0 Å². The zero-order valence-electron chi connectivity index (χ0n) is 11.0. The number of likely N-dealkylation sites (N-methyl/N-ethyl adjacent to an activating group) is 1. The SMILES string of the molecule is CC(CO)N(C)c1cccc(F)c1CNC1CC1. The molecule has 1 aliphatic rings. The number of benzene rings is 1. The zero-order chi connectivity index (χ0) is 13.1. The van der Waals surface area contributed by atoms with Crippen LogP contribution in [-0.4, -0.2) is 30.8 Å². The molecule has 0 aromatic heterocycles. The predicted octanol–water partition coefficient (Wildman–Crippen LogP) is 1.89. The van der Waals surface area contributed by atoms with Gasteiger partial charge in [0.25, 0.3) is 0 Å². The highest BCUT2D eigenvalue weighted by molar-refractivity contribution is 5.54. The van der Waals surface area contributed by atoms with E-state index in [2.05, 4.69) is 5.32 Å². The first-order chi connectivity index (χ1) is 8.63. The van der Waals surface area contributed by atoms with Gasteiger partial charge in [0.05, 0.1) is 6.61 Å². The maximum absolute atomic E-state index is 13.9. The molecule has 1 aromatic rings. The fourth-order valence-corrected chi connectivity index (χ4v) is 1.95. The Morgan fingerprint density at radius 2 is 2.22 bits per heavy atom. The average molecular weight is 252 g/mol. The van der Waals surface area contributed by atoms with E-state index in [0.29, 0.717) is 18.2 Å². The topological polar surface area (TPSA) is 35.5 Å². The van der Waals surface area contributed by atoms with Gasteiger partial charge in [0, 0.05) is 36.9 Å². The van der Waals surface area contributed by atoms with Crippen molar-refractivity contribution in [3.05, 3.63) is 29.6 Å². The second-order valence-corrected chi connectivity index (χ2v) is 5.04. The van der Waals surface area contributed by atoms with Crippen LogP contribution in [0, 0.1) is 5.82 Å². The molecule has 100 valence electrons. The number of halogens is 1. The van der Waals surface area contributed by atoms with Gasteiger partial charge in [-0.2, -0.15) is 0 Å². The number of aliphatic hydroxyl groups is 1. The van der Waals surface area contributed by atoms with Crippen molar-refractivity contribution in [2.24, 2.45) is 0 Å².